The van der Waals surface area contributed by atoms with Gasteiger partial charge >= 0.3 is 0 Å². The van der Waals surface area contributed by atoms with Crippen LogP contribution in [-0.2, 0) is 4.74 Å². The number of nitrogens with one attached hydrogen (secondary N) is 1. The Bertz CT molecular complexity index is 1020. The molecule has 0 aliphatic carbocycles. The van der Waals surface area contributed by atoms with Gasteiger partial charge in [-0.15, -0.1) is 0 Å². The van der Waals surface area contributed by atoms with Gasteiger partial charge in [-0.25, -0.2) is 0 Å². The van der Waals surface area contributed by atoms with Gasteiger partial charge in [-0.2, -0.15) is 0 Å². The van der Waals surface area contributed by atoms with Gasteiger partial charge in [-0.1, -0.05) is 12.1 Å². The Kier molecular flexibility index (Phi) is 6.16. The minimum absolute atomic E-state index is 0.0126. The van der Waals surface area contributed by atoms with Crippen LogP contribution in [-0.4, -0.2) is 39.8 Å². The van der Waals surface area contributed by atoms with Gasteiger partial charge in [0.05, 0.1) is 17.8 Å². The molecule has 1 N–H and O–H groups in total. The van der Waals surface area contributed by atoms with Crippen LogP contribution in [0.5, 0.6) is 0 Å². The van der Waals surface area contributed by atoms with Crippen molar-refractivity contribution in [1.29, 1.82) is 0 Å². The van der Waals surface area contributed by atoms with Crippen molar-refractivity contribution in [2.75, 3.05) is 20.3 Å². The number of aromatic nitrogens is 2. The molecule has 1 aromatic carbocycles. The van der Waals surface area contributed by atoms with Gasteiger partial charge in [0.2, 0.25) is 0 Å². The Morgan fingerprint density at radius 1 is 1.10 bits per heavy atom. The summed E-state index contributed by atoms with van der Waals surface area (Å²) in [7, 11) is 1.74. The SMILES string of the molecule is COCCCN1C(=S)NC(c2ccccn2)C1c1cccn1-c1ccc(C)c(C)c1. The van der Waals surface area contributed by atoms with E-state index in [4.69, 9.17) is 17.0 Å². The highest BCUT2D eigenvalue weighted by atomic mass is 32.1. The minimum atomic E-state index is -0.0126. The molecule has 0 amide bonds. The van der Waals surface area contributed by atoms with Gasteiger partial charge < -0.3 is 19.5 Å². The molecule has 6 heteroatoms. The molecule has 2 aromatic heterocycles. The number of aryl methyl sites for hydroxylation is 2. The zero-order valence-corrected chi connectivity index (χ0v) is 18.5. The average Bonchev–Trinajstić information content (AvgIpc) is 3.35. The van der Waals surface area contributed by atoms with E-state index < -0.39 is 0 Å². The van der Waals surface area contributed by atoms with Crippen LogP contribution >= 0.6 is 12.2 Å². The first-order valence-corrected chi connectivity index (χ1v) is 10.7. The van der Waals surface area contributed by atoms with E-state index in [1.165, 1.54) is 16.8 Å². The largest absolute Gasteiger partial charge is 0.385 e. The quantitative estimate of drug-likeness (QED) is 0.450. The van der Waals surface area contributed by atoms with Gasteiger partial charge in [0.1, 0.15) is 0 Å². The van der Waals surface area contributed by atoms with Crippen molar-refractivity contribution in [1.82, 2.24) is 19.8 Å². The predicted octanol–water partition coefficient (Wildman–Crippen LogP) is 4.50. The van der Waals surface area contributed by atoms with Crippen LogP contribution < -0.4 is 5.32 Å². The predicted molar refractivity (Wildman–Crippen MR) is 124 cm³/mol. The molecule has 1 aliphatic rings. The molecule has 4 rings (SSSR count). The monoisotopic (exact) mass is 420 g/mol. The van der Waals surface area contributed by atoms with Crippen LogP contribution in [0.2, 0.25) is 0 Å². The number of pyridine rings is 1. The zero-order valence-electron chi connectivity index (χ0n) is 17.7. The maximum atomic E-state index is 5.75. The normalized spacial score (nSPS) is 18.6. The topological polar surface area (TPSA) is 42.3 Å². The molecule has 2 atom stereocenters. The van der Waals surface area contributed by atoms with E-state index in [-0.39, 0.29) is 12.1 Å². The summed E-state index contributed by atoms with van der Waals surface area (Å²) in [6.45, 7) is 5.83. The fourth-order valence-electron chi connectivity index (χ4n) is 4.09. The van der Waals surface area contributed by atoms with Crippen LogP contribution in [0.15, 0.2) is 60.9 Å². The number of nitrogens with zero attached hydrogens (tertiary/aromatic N) is 3. The summed E-state index contributed by atoms with van der Waals surface area (Å²) in [6.07, 6.45) is 4.88. The van der Waals surface area contributed by atoms with E-state index in [1.807, 2.05) is 18.3 Å². The third-order valence-electron chi connectivity index (χ3n) is 5.80. The fraction of sp³-hybridized carbons (Fsp3) is 0.333. The molecule has 3 heterocycles. The van der Waals surface area contributed by atoms with E-state index in [0.29, 0.717) is 6.61 Å². The molecule has 1 saturated heterocycles. The Labute approximate surface area is 183 Å². The van der Waals surface area contributed by atoms with Gasteiger partial charge in [-0.3, -0.25) is 4.98 Å². The number of methoxy groups -OCH3 is 1. The lowest BCUT2D eigenvalue weighted by Gasteiger charge is -2.29. The molecule has 0 spiro atoms. The van der Waals surface area contributed by atoms with Crippen molar-refractivity contribution in [3.63, 3.8) is 0 Å². The lowest BCUT2D eigenvalue weighted by molar-refractivity contribution is 0.180. The number of hydrogen-bond donors (Lipinski definition) is 1. The fourth-order valence-corrected chi connectivity index (χ4v) is 4.42. The summed E-state index contributed by atoms with van der Waals surface area (Å²) in [5.41, 5.74) is 5.92. The molecule has 0 saturated carbocycles. The molecule has 0 bridgehead atoms. The van der Waals surface area contributed by atoms with Crippen molar-refractivity contribution in [2.24, 2.45) is 0 Å². The maximum Gasteiger partial charge on any atom is 0.170 e. The van der Waals surface area contributed by atoms with Gasteiger partial charge in [-0.05, 0) is 80.0 Å². The first kappa shape index (κ1) is 20.6. The van der Waals surface area contributed by atoms with E-state index in [9.17, 15) is 0 Å². The summed E-state index contributed by atoms with van der Waals surface area (Å²) < 4.78 is 7.55. The first-order chi connectivity index (χ1) is 14.6. The lowest BCUT2D eigenvalue weighted by Crippen LogP contribution is -2.32. The molecule has 3 aromatic rings. The van der Waals surface area contributed by atoms with Crippen molar-refractivity contribution >= 4 is 17.3 Å². The second-order valence-corrected chi connectivity index (χ2v) is 8.12. The molecule has 30 heavy (non-hydrogen) atoms. The maximum absolute atomic E-state index is 5.75. The summed E-state index contributed by atoms with van der Waals surface area (Å²) in [4.78, 5) is 6.91. The minimum Gasteiger partial charge on any atom is -0.385 e. The van der Waals surface area contributed by atoms with E-state index >= 15 is 0 Å². The van der Waals surface area contributed by atoms with E-state index in [1.54, 1.807) is 7.11 Å². The number of ether oxygens (including phenoxy) is 1. The lowest BCUT2D eigenvalue weighted by atomic mass is 10.0. The summed E-state index contributed by atoms with van der Waals surface area (Å²) >= 11 is 5.75. The number of rotatable bonds is 7. The number of hydrogen-bond acceptors (Lipinski definition) is 3. The van der Waals surface area contributed by atoms with Crippen molar-refractivity contribution in [2.45, 2.75) is 32.4 Å². The molecular weight excluding hydrogens is 392 g/mol. The summed E-state index contributed by atoms with van der Waals surface area (Å²) in [5, 5.41) is 4.29. The van der Waals surface area contributed by atoms with Crippen LogP contribution in [0.25, 0.3) is 5.69 Å². The summed E-state index contributed by atoms with van der Waals surface area (Å²) in [5.74, 6) is 0. The number of benzene rings is 1. The Balaban J connectivity index is 1.76. The first-order valence-electron chi connectivity index (χ1n) is 10.3. The Morgan fingerprint density at radius 2 is 1.97 bits per heavy atom. The summed E-state index contributed by atoms with van der Waals surface area (Å²) in [6, 6.07) is 17.0. The molecule has 2 unspecified atom stereocenters. The average molecular weight is 421 g/mol. The van der Waals surface area contributed by atoms with Gasteiger partial charge in [0, 0.05) is 44.0 Å². The Hall–Kier alpha value is -2.70. The molecular formula is C24H28N4OS. The third kappa shape index (κ3) is 3.98. The highest BCUT2D eigenvalue weighted by Crippen LogP contribution is 2.39. The van der Waals surface area contributed by atoms with E-state index in [0.717, 1.165) is 29.5 Å². The van der Waals surface area contributed by atoms with Gasteiger partial charge in [0.25, 0.3) is 0 Å². The highest BCUT2D eigenvalue weighted by Gasteiger charge is 2.40. The second kappa shape index (κ2) is 8.98. The molecule has 5 nitrogen and oxygen atoms in total. The van der Waals surface area contributed by atoms with Gasteiger partial charge in [0.15, 0.2) is 5.11 Å². The van der Waals surface area contributed by atoms with Crippen LogP contribution in [0.4, 0.5) is 0 Å². The third-order valence-corrected chi connectivity index (χ3v) is 6.15. The smallest absolute Gasteiger partial charge is 0.170 e. The Morgan fingerprint density at radius 3 is 2.70 bits per heavy atom. The standard InChI is InChI=1S/C24H28N4OS/c1-17-10-11-19(16-18(17)2)27-13-6-9-21(27)23-22(20-8-4-5-12-25-20)26-24(30)28(23)14-7-15-29-3/h4-6,8-13,16,22-23H,7,14-15H2,1-3H3,(H,26,30). The van der Waals surface area contributed by atoms with Crippen LogP contribution in [0, 0.1) is 13.8 Å². The molecule has 1 aliphatic heterocycles. The van der Waals surface area contributed by atoms with Crippen LogP contribution in [0.3, 0.4) is 0 Å². The number of thiocarbonyl (C=S) groups is 1. The van der Waals surface area contributed by atoms with Crippen molar-refractivity contribution in [3.05, 3.63) is 83.4 Å². The van der Waals surface area contributed by atoms with Crippen LogP contribution in [0.1, 0.15) is 41.0 Å². The molecule has 1 fully saturated rings. The highest BCUT2D eigenvalue weighted by molar-refractivity contribution is 7.80. The molecule has 0 radical (unpaired) electrons. The van der Waals surface area contributed by atoms with Crippen molar-refractivity contribution < 1.29 is 4.74 Å². The second-order valence-electron chi connectivity index (χ2n) is 7.74. The van der Waals surface area contributed by atoms with Crippen molar-refractivity contribution in [3.8, 4) is 5.69 Å². The molecule has 156 valence electrons. The van der Waals surface area contributed by atoms with E-state index in [2.05, 4.69) is 76.2 Å². The zero-order chi connectivity index (χ0) is 21.1.